The van der Waals surface area contributed by atoms with Gasteiger partial charge >= 0.3 is 0 Å². The zero-order valence-corrected chi connectivity index (χ0v) is 11.3. The summed E-state index contributed by atoms with van der Waals surface area (Å²) in [5, 5.41) is 0.709. The van der Waals surface area contributed by atoms with Crippen molar-refractivity contribution in [3.05, 3.63) is 40.9 Å². The number of hydrogen-bond donors (Lipinski definition) is 1. The largest absolute Gasteiger partial charge is 0.334 e. The Labute approximate surface area is 113 Å². The van der Waals surface area contributed by atoms with Crippen LogP contribution < -0.4 is 4.90 Å². The van der Waals surface area contributed by atoms with Crippen LogP contribution in [0.1, 0.15) is 5.56 Å². The Kier molecular flexibility index (Phi) is 4.39. The minimum absolute atomic E-state index is 0.0949. The molecule has 2 rings (SSSR count). The van der Waals surface area contributed by atoms with Gasteiger partial charge in [0.1, 0.15) is 0 Å². The standard InChI is InChI=1S/C14H17ClN2O/c1-16-8-10-17(11-9-16)14(18)7-4-12-2-5-13(15)6-3-12/h2-7H,8-11H2,1H3/p+1. The van der Waals surface area contributed by atoms with E-state index in [2.05, 4.69) is 7.05 Å². The van der Waals surface area contributed by atoms with Gasteiger partial charge in [0, 0.05) is 11.1 Å². The van der Waals surface area contributed by atoms with E-state index in [1.54, 1.807) is 6.08 Å². The van der Waals surface area contributed by atoms with Gasteiger partial charge in [-0.15, -0.1) is 0 Å². The quantitative estimate of drug-likeness (QED) is 0.783. The van der Waals surface area contributed by atoms with Crippen LogP contribution in [0.15, 0.2) is 30.3 Å². The summed E-state index contributed by atoms with van der Waals surface area (Å²) in [6.45, 7) is 3.74. The van der Waals surface area contributed by atoms with E-state index in [9.17, 15) is 4.79 Å². The highest BCUT2D eigenvalue weighted by Crippen LogP contribution is 2.10. The number of carbonyl (C=O) groups excluding carboxylic acids is 1. The lowest BCUT2D eigenvalue weighted by Gasteiger charge is -2.29. The molecule has 1 fully saturated rings. The van der Waals surface area contributed by atoms with Gasteiger partial charge in [0.25, 0.3) is 0 Å². The molecule has 1 aliphatic rings. The third kappa shape index (κ3) is 3.59. The summed E-state index contributed by atoms with van der Waals surface area (Å²) in [4.78, 5) is 15.3. The maximum atomic E-state index is 11.9. The Morgan fingerprint density at radius 2 is 1.89 bits per heavy atom. The van der Waals surface area contributed by atoms with Crippen molar-refractivity contribution < 1.29 is 9.69 Å². The van der Waals surface area contributed by atoms with Crippen molar-refractivity contribution in [2.75, 3.05) is 33.2 Å². The van der Waals surface area contributed by atoms with E-state index in [1.165, 1.54) is 4.90 Å². The zero-order chi connectivity index (χ0) is 13.0. The molecule has 0 saturated carbocycles. The normalized spacial score (nSPS) is 17.3. The van der Waals surface area contributed by atoms with Crippen LogP contribution in [0.5, 0.6) is 0 Å². The highest BCUT2D eigenvalue weighted by Gasteiger charge is 2.19. The van der Waals surface area contributed by atoms with Gasteiger partial charge in [0.15, 0.2) is 0 Å². The molecular formula is C14H18ClN2O+. The number of likely N-dealkylation sites (N-methyl/N-ethyl adjacent to an activating group) is 1. The van der Waals surface area contributed by atoms with Crippen molar-refractivity contribution in [3.8, 4) is 0 Å². The molecular weight excluding hydrogens is 248 g/mol. The number of benzene rings is 1. The average Bonchev–Trinajstić information content (AvgIpc) is 2.38. The summed E-state index contributed by atoms with van der Waals surface area (Å²) in [6.07, 6.45) is 3.48. The number of halogens is 1. The molecule has 0 aromatic heterocycles. The Balaban J connectivity index is 1.92. The monoisotopic (exact) mass is 265 g/mol. The number of amides is 1. The Hall–Kier alpha value is -1.32. The number of piperazine rings is 1. The number of nitrogens with zero attached hydrogens (tertiary/aromatic N) is 1. The van der Waals surface area contributed by atoms with E-state index in [0.29, 0.717) is 5.02 Å². The fraction of sp³-hybridized carbons (Fsp3) is 0.357. The summed E-state index contributed by atoms with van der Waals surface area (Å²) in [5.41, 5.74) is 0.993. The first-order valence-electron chi connectivity index (χ1n) is 6.19. The molecule has 0 radical (unpaired) electrons. The molecule has 4 heteroatoms. The molecule has 0 aliphatic carbocycles. The van der Waals surface area contributed by atoms with Crippen molar-refractivity contribution in [3.63, 3.8) is 0 Å². The van der Waals surface area contributed by atoms with E-state index >= 15 is 0 Å². The third-order valence-corrected chi connectivity index (χ3v) is 3.47. The van der Waals surface area contributed by atoms with Crippen LogP contribution in [0.2, 0.25) is 5.02 Å². The van der Waals surface area contributed by atoms with Crippen LogP contribution >= 0.6 is 11.6 Å². The minimum Gasteiger partial charge on any atom is -0.334 e. The van der Waals surface area contributed by atoms with Gasteiger partial charge in [0.05, 0.1) is 33.2 Å². The Morgan fingerprint density at radius 3 is 2.50 bits per heavy atom. The highest BCUT2D eigenvalue weighted by molar-refractivity contribution is 6.30. The third-order valence-electron chi connectivity index (χ3n) is 3.22. The van der Waals surface area contributed by atoms with E-state index in [0.717, 1.165) is 31.7 Å². The van der Waals surface area contributed by atoms with Gasteiger partial charge in [-0.25, -0.2) is 0 Å². The predicted molar refractivity (Wildman–Crippen MR) is 73.7 cm³/mol. The number of carbonyl (C=O) groups is 1. The Morgan fingerprint density at radius 1 is 1.28 bits per heavy atom. The van der Waals surface area contributed by atoms with Crippen LogP contribution in [0.4, 0.5) is 0 Å². The van der Waals surface area contributed by atoms with E-state index in [-0.39, 0.29) is 5.91 Å². The fourth-order valence-electron chi connectivity index (χ4n) is 1.96. The first-order chi connectivity index (χ1) is 8.65. The summed E-state index contributed by atoms with van der Waals surface area (Å²) in [6, 6.07) is 7.45. The summed E-state index contributed by atoms with van der Waals surface area (Å²) in [7, 11) is 2.16. The lowest BCUT2D eigenvalue weighted by Crippen LogP contribution is -3.12. The van der Waals surface area contributed by atoms with Gasteiger partial charge in [-0.3, -0.25) is 4.79 Å². The number of nitrogens with one attached hydrogen (secondary N) is 1. The second kappa shape index (κ2) is 6.03. The summed E-state index contributed by atoms with van der Waals surface area (Å²) < 4.78 is 0. The minimum atomic E-state index is 0.0949. The molecule has 1 heterocycles. The highest BCUT2D eigenvalue weighted by atomic mass is 35.5. The second-order valence-corrected chi connectivity index (χ2v) is 5.10. The number of rotatable bonds is 2. The molecule has 1 amide bonds. The van der Waals surface area contributed by atoms with E-state index < -0.39 is 0 Å². The zero-order valence-electron chi connectivity index (χ0n) is 10.5. The molecule has 1 aromatic rings. The van der Waals surface area contributed by atoms with Crippen molar-refractivity contribution in [1.29, 1.82) is 0 Å². The van der Waals surface area contributed by atoms with Crippen LogP contribution in [0.3, 0.4) is 0 Å². The first kappa shape index (κ1) is 13.1. The maximum absolute atomic E-state index is 11.9. The maximum Gasteiger partial charge on any atom is 0.246 e. The van der Waals surface area contributed by atoms with Gasteiger partial charge in [0.2, 0.25) is 5.91 Å². The molecule has 0 spiro atoms. The topological polar surface area (TPSA) is 24.8 Å². The van der Waals surface area contributed by atoms with Crippen molar-refractivity contribution >= 4 is 23.6 Å². The van der Waals surface area contributed by atoms with Crippen molar-refractivity contribution in [1.82, 2.24) is 4.90 Å². The van der Waals surface area contributed by atoms with Crippen LogP contribution in [0.25, 0.3) is 6.08 Å². The molecule has 0 atom stereocenters. The van der Waals surface area contributed by atoms with Crippen LogP contribution in [-0.2, 0) is 4.79 Å². The molecule has 96 valence electrons. The smallest absolute Gasteiger partial charge is 0.246 e. The van der Waals surface area contributed by atoms with Gasteiger partial charge < -0.3 is 9.80 Å². The molecule has 3 nitrogen and oxygen atoms in total. The van der Waals surface area contributed by atoms with Crippen LogP contribution in [-0.4, -0.2) is 44.0 Å². The van der Waals surface area contributed by atoms with E-state index in [1.807, 2.05) is 35.2 Å². The average molecular weight is 266 g/mol. The molecule has 18 heavy (non-hydrogen) atoms. The molecule has 1 aliphatic heterocycles. The van der Waals surface area contributed by atoms with Crippen molar-refractivity contribution in [2.24, 2.45) is 0 Å². The number of hydrogen-bond acceptors (Lipinski definition) is 1. The summed E-state index contributed by atoms with van der Waals surface area (Å²) >= 11 is 5.81. The first-order valence-corrected chi connectivity index (χ1v) is 6.57. The number of quaternary nitrogens is 1. The SMILES string of the molecule is C[NH+]1CCN(C(=O)C=Cc2ccc(Cl)cc2)CC1. The second-order valence-electron chi connectivity index (χ2n) is 4.67. The van der Waals surface area contributed by atoms with Gasteiger partial charge in [-0.1, -0.05) is 23.7 Å². The van der Waals surface area contributed by atoms with Gasteiger partial charge in [-0.2, -0.15) is 0 Å². The van der Waals surface area contributed by atoms with Gasteiger partial charge in [-0.05, 0) is 23.8 Å². The lowest BCUT2D eigenvalue weighted by molar-refractivity contribution is -0.883. The molecule has 0 bridgehead atoms. The molecule has 0 unspecified atom stereocenters. The van der Waals surface area contributed by atoms with Crippen LogP contribution in [0, 0.1) is 0 Å². The lowest BCUT2D eigenvalue weighted by atomic mass is 10.2. The Bertz CT molecular complexity index is 434. The summed E-state index contributed by atoms with van der Waals surface area (Å²) in [5.74, 6) is 0.0949. The van der Waals surface area contributed by atoms with Crippen molar-refractivity contribution in [2.45, 2.75) is 0 Å². The molecule has 1 N–H and O–H groups in total. The predicted octanol–water partition coefficient (Wildman–Crippen LogP) is 0.710. The molecule has 1 aromatic carbocycles. The fourth-order valence-corrected chi connectivity index (χ4v) is 2.08. The van der Waals surface area contributed by atoms with E-state index in [4.69, 9.17) is 11.6 Å². The molecule has 1 saturated heterocycles.